The molecular formula is C16H27N5O2. The Balaban J connectivity index is 1.79. The SMILES string of the molecule is CC(CN)CNC(=O)c1cnn(CC(=O)NC2CCCCC2)c1. The van der Waals surface area contributed by atoms with Crippen molar-refractivity contribution in [1.29, 1.82) is 0 Å². The van der Waals surface area contributed by atoms with Crippen molar-refractivity contribution in [2.75, 3.05) is 13.1 Å². The van der Waals surface area contributed by atoms with Gasteiger partial charge in [0.2, 0.25) is 5.91 Å². The summed E-state index contributed by atoms with van der Waals surface area (Å²) in [6.07, 6.45) is 8.80. The summed E-state index contributed by atoms with van der Waals surface area (Å²) in [4.78, 5) is 24.0. The first kappa shape index (κ1) is 17.5. The third kappa shape index (κ3) is 5.67. The van der Waals surface area contributed by atoms with Crippen LogP contribution in [0.25, 0.3) is 0 Å². The average Bonchev–Trinajstić information content (AvgIpc) is 3.01. The van der Waals surface area contributed by atoms with Gasteiger partial charge >= 0.3 is 0 Å². The second-order valence-corrected chi connectivity index (χ2v) is 6.38. The van der Waals surface area contributed by atoms with Gasteiger partial charge in [0.1, 0.15) is 6.54 Å². The molecule has 0 radical (unpaired) electrons. The van der Waals surface area contributed by atoms with Crippen LogP contribution in [-0.2, 0) is 11.3 Å². The number of carbonyl (C=O) groups excluding carboxylic acids is 2. The van der Waals surface area contributed by atoms with E-state index in [4.69, 9.17) is 5.73 Å². The van der Waals surface area contributed by atoms with Crippen LogP contribution in [0.15, 0.2) is 12.4 Å². The molecule has 1 aliphatic rings. The van der Waals surface area contributed by atoms with E-state index in [2.05, 4.69) is 15.7 Å². The summed E-state index contributed by atoms with van der Waals surface area (Å²) in [6.45, 7) is 3.17. The van der Waals surface area contributed by atoms with E-state index < -0.39 is 0 Å². The standard InChI is InChI=1S/C16H27N5O2/c1-12(7-17)8-18-16(23)13-9-19-21(10-13)11-15(22)20-14-5-3-2-4-6-14/h9-10,12,14H,2-8,11,17H2,1H3,(H,18,23)(H,20,22). The van der Waals surface area contributed by atoms with Crippen molar-refractivity contribution in [1.82, 2.24) is 20.4 Å². The van der Waals surface area contributed by atoms with Gasteiger partial charge in [-0.2, -0.15) is 5.10 Å². The van der Waals surface area contributed by atoms with E-state index in [0.717, 1.165) is 12.8 Å². The van der Waals surface area contributed by atoms with Crippen LogP contribution in [0.4, 0.5) is 0 Å². The zero-order valence-electron chi connectivity index (χ0n) is 13.8. The lowest BCUT2D eigenvalue weighted by Crippen LogP contribution is -2.38. The second-order valence-electron chi connectivity index (χ2n) is 6.38. The molecule has 0 aromatic carbocycles. The van der Waals surface area contributed by atoms with Gasteiger partial charge in [-0.15, -0.1) is 0 Å². The normalized spacial score (nSPS) is 16.8. The molecule has 7 nitrogen and oxygen atoms in total. The van der Waals surface area contributed by atoms with Crippen molar-refractivity contribution in [2.24, 2.45) is 11.7 Å². The summed E-state index contributed by atoms with van der Waals surface area (Å²) in [5.41, 5.74) is 5.98. The maximum absolute atomic E-state index is 12.0. The van der Waals surface area contributed by atoms with Gasteiger partial charge in [0.15, 0.2) is 0 Å². The Morgan fingerprint density at radius 2 is 2.13 bits per heavy atom. The Kier molecular flexibility index (Phi) is 6.58. The van der Waals surface area contributed by atoms with Crippen molar-refractivity contribution >= 4 is 11.8 Å². The first-order chi connectivity index (χ1) is 11.1. The Morgan fingerprint density at radius 1 is 1.39 bits per heavy atom. The van der Waals surface area contributed by atoms with E-state index in [9.17, 15) is 9.59 Å². The van der Waals surface area contributed by atoms with E-state index in [-0.39, 0.29) is 30.3 Å². The Hall–Kier alpha value is -1.89. The number of aromatic nitrogens is 2. The van der Waals surface area contributed by atoms with Crippen LogP contribution >= 0.6 is 0 Å². The molecule has 1 aromatic rings. The van der Waals surface area contributed by atoms with Gasteiger partial charge in [-0.05, 0) is 25.3 Å². The average molecular weight is 321 g/mol. The van der Waals surface area contributed by atoms with Crippen LogP contribution in [0.1, 0.15) is 49.4 Å². The molecule has 1 unspecified atom stereocenters. The summed E-state index contributed by atoms with van der Waals surface area (Å²) in [5.74, 6) is -0.0109. The van der Waals surface area contributed by atoms with Crippen LogP contribution in [0, 0.1) is 5.92 Å². The number of nitrogens with one attached hydrogen (secondary N) is 2. The summed E-state index contributed by atoms with van der Waals surface area (Å²) in [6, 6.07) is 0.285. The fourth-order valence-electron chi connectivity index (χ4n) is 2.69. The summed E-state index contributed by atoms with van der Waals surface area (Å²) in [7, 11) is 0. The van der Waals surface area contributed by atoms with Gasteiger partial charge in [0, 0.05) is 18.8 Å². The number of hydrogen-bond acceptors (Lipinski definition) is 4. The maximum atomic E-state index is 12.0. The molecule has 1 saturated carbocycles. The summed E-state index contributed by atoms with van der Waals surface area (Å²) < 4.78 is 1.50. The largest absolute Gasteiger partial charge is 0.352 e. The van der Waals surface area contributed by atoms with Crippen molar-refractivity contribution in [2.45, 2.75) is 51.6 Å². The van der Waals surface area contributed by atoms with Crippen molar-refractivity contribution < 1.29 is 9.59 Å². The van der Waals surface area contributed by atoms with Crippen LogP contribution in [0.2, 0.25) is 0 Å². The molecule has 1 aliphatic carbocycles. The number of carbonyl (C=O) groups is 2. The number of rotatable bonds is 7. The summed E-state index contributed by atoms with van der Waals surface area (Å²) in [5, 5.41) is 9.94. The van der Waals surface area contributed by atoms with Crippen LogP contribution in [0.3, 0.4) is 0 Å². The Labute approximate surface area is 137 Å². The number of nitrogens with two attached hydrogens (primary N) is 1. The highest BCUT2D eigenvalue weighted by atomic mass is 16.2. The van der Waals surface area contributed by atoms with E-state index >= 15 is 0 Å². The van der Waals surface area contributed by atoms with Crippen LogP contribution in [-0.4, -0.2) is 40.7 Å². The molecule has 2 rings (SSSR count). The molecule has 1 aromatic heterocycles. The minimum atomic E-state index is -0.191. The van der Waals surface area contributed by atoms with Gasteiger partial charge in [0.05, 0.1) is 11.8 Å². The van der Waals surface area contributed by atoms with Gasteiger partial charge in [-0.25, -0.2) is 0 Å². The maximum Gasteiger partial charge on any atom is 0.254 e. The predicted octanol–water partition coefficient (Wildman–Crippen LogP) is 0.657. The molecule has 1 fully saturated rings. The lowest BCUT2D eigenvalue weighted by molar-refractivity contribution is -0.122. The van der Waals surface area contributed by atoms with Gasteiger partial charge in [-0.1, -0.05) is 26.2 Å². The monoisotopic (exact) mass is 321 g/mol. The molecule has 23 heavy (non-hydrogen) atoms. The first-order valence-electron chi connectivity index (χ1n) is 8.38. The fraction of sp³-hybridized carbons (Fsp3) is 0.688. The van der Waals surface area contributed by atoms with Gasteiger partial charge < -0.3 is 16.4 Å². The Bertz CT molecular complexity index is 522. The highest BCUT2D eigenvalue weighted by Crippen LogP contribution is 2.17. The third-order valence-electron chi connectivity index (χ3n) is 4.18. The molecule has 128 valence electrons. The lowest BCUT2D eigenvalue weighted by Gasteiger charge is -2.22. The first-order valence-corrected chi connectivity index (χ1v) is 8.38. The number of amides is 2. The zero-order chi connectivity index (χ0) is 16.7. The quantitative estimate of drug-likeness (QED) is 0.686. The highest BCUT2D eigenvalue weighted by Gasteiger charge is 2.16. The van der Waals surface area contributed by atoms with Crippen molar-refractivity contribution in [3.63, 3.8) is 0 Å². The summed E-state index contributed by atoms with van der Waals surface area (Å²) >= 11 is 0. The Morgan fingerprint density at radius 3 is 2.83 bits per heavy atom. The molecule has 0 spiro atoms. The van der Waals surface area contributed by atoms with E-state index in [1.165, 1.54) is 30.1 Å². The van der Waals surface area contributed by atoms with Crippen LogP contribution < -0.4 is 16.4 Å². The lowest BCUT2D eigenvalue weighted by atomic mass is 9.95. The van der Waals surface area contributed by atoms with Gasteiger partial charge in [-0.3, -0.25) is 14.3 Å². The minimum Gasteiger partial charge on any atom is -0.352 e. The highest BCUT2D eigenvalue weighted by molar-refractivity contribution is 5.93. The smallest absolute Gasteiger partial charge is 0.254 e. The molecule has 0 aliphatic heterocycles. The molecule has 0 bridgehead atoms. The predicted molar refractivity (Wildman–Crippen MR) is 87.8 cm³/mol. The molecule has 7 heteroatoms. The molecule has 4 N–H and O–H groups in total. The molecule has 1 atom stereocenters. The van der Waals surface area contributed by atoms with E-state index in [1.807, 2.05) is 6.92 Å². The number of nitrogens with zero attached hydrogens (tertiary/aromatic N) is 2. The zero-order valence-corrected chi connectivity index (χ0v) is 13.8. The van der Waals surface area contributed by atoms with Crippen molar-refractivity contribution in [3.8, 4) is 0 Å². The van der Waals surface area contributed by atoms with Crippen LogP contribution in [0.5, 0.6) is 0 Å². The molecule has 1 heterocycles. The number of hydrogen-bond donors (Lipinski definition) is 3. The van der Waals surface area contributed by atoms with E-state index in [1.54, 1.807) is 6.20 Å². The second kappa shape index (κ2) is 8.67. The van der Waals surface area contributed by atoms with Gasteiger partial charge in [0.25, 0.3) is 5.91 Å². The van der Waals surface area contributed by atoms with Crippen molar-refractivity contribution in [3.05, 3.63) is 18.0 Å². The third-order valence-corrected chi connectivity index (χ3v) is 4.18. The van der Waals surface area contributed by atoms with E-state index in [0.29, 0.717) is 18.7 Å². The molecule has 2 amide bonds. The molecule has 0 saturated heterocycles. The molecular weight excluding hydrogens is 294 g/mol. The minimum absolute atomic E-state index is 0.0521. The topological polar surface area (TPSA) is 102 Å². The fourth-order valence-corrected chi connectivity index (χ4v) is 2.69.